The molecule has 1 atom stereocenters. The second-order valence-electron chi connectivity index (χ2n) is 9.08. The molecule has 1 amide bonds. The Labute approximate surface area is 212 Å². The quantitative estimate of drug-likeness (QED) is 0.503. The topological polar surface area (TPSA) is 57.6 Å². The smallest absolute Gasteiger partial charge is 0.257 e. The summed E-state index contributed by atoms with van der Waals surface area (Å²) >= 11 is 0. The summed E-state index contributed by atoms with van der Waals surface area (Å²) in [4.78, 5) is 18.1. The van der Waals surface area contributed by atoms with Gasteiger partial charge >= 0.3 is 0 Å². The van der Waals surface area contributed by atoms with Crippen LogP contribution in [0.1, 0.15) is 23.6 Å². The molecule has 0 aliphatic carbocycles. The molecule has 3 aromatic rings. The minimum atomic E-state index is -0.131. The van der Waals surface area contributed by atoms with E-state index in [1.807, 2.05) is 60.7 Å². The Bertz CT molecular complexity index is 1200. The predicted molar refractivity (Wildman–Crippen MR) is 142 cm³/mol. The molecule has 0 N–H and O–H groups in total. The first-order valence-electron chi connectivity index (χ1n) is 12.4. The summed E-state index contributed by atoms with van der Waals surface area (Å²) in [5.41, 5.74) is 4.14. The molecule has 2 aliphatic rings. The van der Waals surface area contributed by atoms with E-state index in [2.05, 4.69) is 28.0 Å². The number of hydrogen-bond acceptors (Lipinski definition) is 6. The first-order chi connectivity index (χ1) is 17.7. The van der Waals surface area contributed by atoms with E-state index in [9.17, 15) is 4.79 Å². The molecule has 1 unspecified atom stereocenters. The highest BCUT2D eigenvalue weighted by atomic mass is 16.5. The number of ether oxygens (including phenoxy) is 2. The molecule has 7 heteroatoms. The normalized spacial score (nSPS) is 18.2. The highest BCUT2D eigenvalue weighted by molar-refractivity contribution is 6.03. The fraction of sp³-hybridized carbons (Fsp3) is 0.310. The third-order valence-electron chi connectivity index (χ3n) is 6.93. The third-order valence-corrected chi connectivity index (χ3v) is 6.93. The van der Waals surface area contributed by atoms with Crippen molar-refractivity contribution in [3.05, 3.63) is 90.0 Å². The molecular formula is C29H32N4O3. The number of hydrogen-bond donors (Lipinski definition) is 0. The SMILES string of the molecule is COc1ccc(C2CC(c3ccccc3)=NN2C(=O)CN2CCN(c3ccccc3OC)CC2)cc1. The third kappa shape index (κ3) is 5.06. The van der Waals surface area contributed by atoms with Crippen LogP contribution in [0.4, 0.5) is 5.69 Å². The summed E-state index contributed by atoms with van der Waals surface area (Å²) in [6, 6.07) is 26.0. The number of nitrogens with zero attached hydrogens (tertiary/aromatic N) is 4. The van der Waals surface area contributed by atoms with E-state index in [1.165, 1.54) is 0 Å². The van der Waals surface area contributed by atoms with Gasteiger partial charge in [-0.3, -0.25) is 9.69 Å². The van der Waals surface area contributed by atoms with E-state index < -0.39 is 0 Å². The van der Waals surface area contributed by atoms with E-state index in [0.29, 0.717) is 13.0 Å². The van der Waals surface area contributed by atoms with Crippen LogP contribution in [0.3, 0.4) is 0 Å². The monoisotopic (exact) mass is 484 g/mol. The Hall–Kier alpha value is -3.84. The van der Waals surface area contributed by atoms with Gasteiger partial charge in [0.2, 0.25) is 0 Å². The fourth-order valence-electron chi connectivity index (χ4n) is 4.93. The Morgan fingerprint density at radius 3 is 2.25 bits per heavy atom. The van der Waals surface area contributed by atoms with E-state index in [0.717, 1.165) is 60.2 Å². The molecule has 0 saturated carbocycles. The van der Waals surface area contributed by atoms with Crippen molar-refractivity contribution in [2.75, 3.05) is 51.8 Å². The molecule has 0 bridgehead atoms. The molecule has 0 aromatic heterocycles. The van der Waals surface area contributed by atoms with E-state index in [-0.39, 0.29) is 11.9 Å². The van der Waals surface area contributed by atoms with Crippen LogP contribution >= 0.6 is 0 Å². The lowest BCUT2D eigenvalue weighted by atomic mass is 9.98. The molecule has 5 rings (SSSR count). The molecule has 7 nitrogen and oxygen atoms in total. The number of piperazine rings is 1. The molecule has 3 aromatic carbocycles. The number of amides is 1. The van der Waals surface area contributed by atoms with Gasteiger partial charge in [0.15, 0.2) is 0 Å². The lowest BCUT2D eigenvalue weighted by molar-refractivity contribution is -0.134. The van der Waals surface area contributed by atoms with Crippen molar-refractivity contribution in [1.29, 1.82) is 0 Å². The fourth-order valence-corrected chi connectivity index (χ4v) is 4.93. The number of carbonyl (C=O) groups excluding carboxylic acids is 1. The molecule has 1 saturated heterocycles. The zero-order chi connectivity index (χ0) is 24.9. The molecule has 2 aliphatic heterocycles. The van der Waals surface area contributed by atoms with Gasteiger partial charge < -0.3 is 14.4 Å². The number of para-hydroxylation sites is 2. The van der Waals surface area contributed by atoms with Gasteiger partial charge in [0.25, 0.3) is 5.91 Å². The molecule has 0 spiro atoms. The summed E-state index contributed by atoms with van der Waals surface area (Å²) < 4.78 is 10.9. The van der Waals surface area contributed by atoms with Crippen molar-refractivity contribution in [2.24, 2.45) is 5.10 Å². The molecule has 0 radical (unpaired) electrons. The van der Waals surface area contributed by atoms with Crippen LogP contribution in [0, 0.1) is 0 Å². The molecule has 2 heterocycles. The van der Waals surface area contributed by atoms with Crippen LogP contribution in [-0.4, -0.2) is 68.5 Å². The van der Waals surface area contributed by atoms with Gasteiger partial charge in [-0.15, -0.1) is 0 Å². The van der Waals surface area contributed by atoms with Crippen LogP contribution in [0.15, 0.2) is 84.0 Å². The number of methoxy groups -OCH3 is 2. The number of hydrazone groups is 1. The molecule has 186 valence electrons. The highest BCUT2D eigenvalue weighted by Gasteiger charge is 2.34. The summed E-state index contributed by atoms with van der Waals surface area (Å²) in [5, 5.41) is 6.52. The predicted octanol–water partition coefficient (Wildman–Crippen LogP) is 4.20. The number of rotatable bonds is 7. The second kappa shape index (κ2) is 10.8. The Morgan fingerprint density at radius 1 is 0.861 bits per heavy atom. The first-order valence-corrected chi connectivity index (χ1v) is 12.4. The van der Waals surface area contributed by atoms with Gasteiger partial charge in [-0.2, -0.15) is 5.10 Å². The zero-order valence-electron chi connectivity index (χ0n) is 20.8. The minimum absolute atomic E-state index is 0.0208. The van der Waals surface area contributed by atoms with Gasteiger partial charge in [0, 0.05) is 32.6 Å². The zero-order valence-corrected chi connectivity index (χ0v) is 20.8. The van der Waals surface area contributed by atoms with Crippen LogP contribution in [0.25, 0.3) is 0 Å². The minimum Gasteiger partial charge on any atom is -0.497 e. The van der Waals surface area contributed by atoms with Crippen molar-refractivity contribution in [3.63, 3.8) is 0 Å². The van der Waals surface area contributed by atoms with Crippen LogP contribution < -0.4 is 14.4 Å². The standard InChI is InChI=1S/C29H32N4O3/c1-35-24-14-12-23(13-15-24)27-20-25(22-8-4-3-5-9-22)30-33(27)29(34)21-31-16-18-32(19-17-31)26-10-6-7-11-28(26)36-2/h3-15,27H,16-21H2,1-2H3. The average molecular weight is 485 g/mol. The van der Waals surface area contributed by atoms with E-state index in [4.69, 9.17) is 14.6 Å². The van der Waals surface area contributed by atoms with Crippen LogP contribution in [0.2, 0.25) is 0 Å². The number of anilines is 1. The van der Waals surface area contributed by atoms with Crippen LogP contribution in [0.5, 0.6) is 11.5 Å². The van der Waals surface area contributed by atoms with E-state index in [1.54, 1.807) is 19.2 Å². The summed E-state index contributed by atoms with van der Waals surface area (Å²) in [7, 11) is 3.36. The van der Waals surface area contributed by atoms with Gasteiger partial charge in [-0.25, -0.2) is 5.01 Å². The number of benzene rings is 3. The molecule has 36 heavy (non-hydrogen) atoms. The van der Waals surface area contributed by atoms with Crippen molar-refractivity contribution in [2.45, 2.75) is 12.5 Å². The van der Waals surface area contributed by atoms with Crippen molar-refractivity contribution < 1.29 is 14.3 Å². The number of carbonyl (C=O) groups is 1. The molecular weight excluding hydrogens is 452 g/mol. The summed E-state index contributed by atoms with van der Waals surface area (Å²) in [5.74, 6) is 1.70. The van der Waals surface area contributed by atoms with Crippen molar-refractivity contribution >= 4 is 17.3 Å². The van der Waals surface area contributed by atoms with Gasteiger partial charge in [0.05, 0.1) is 38.2 Å². The molecule has 1 fully saturated rings. The van der Waals surface area contributed by atoms with Crippen LogP contribution in [-0.2, 0) is 4.79 Å². The Balaban J connectivity index is 1.29. The lowest BCUT2D eigenvalue weighted by Crippen LogP contribution is -2.49. The van der Waals surface area contributed by atoms with Crippen molar-refractivity contribution in [3.8, 4) is 11.5 Å². The maximum absolute atomic E-state index is 13.6. The van der Waals surface area contributed by atoms with Gasteiger partial charge in [-0.1, -0.05) is 54.6 Å². The van der Waals surface area contributed by atoms with E-state index >= 15 is 0 Å². The second-order valence-corrected chi connectivity index (χ2v) is 9.08. The Morgan fingerprint density at radius 2 is 1.56 bits per heavy atom. The van der Waals surface area contributed by atoms with Crippen molar-refractivity contribution in [1.82, 2.24) is 9.91 Å². The van der Waals surface area contributed by atoms with Gasteiger partial charge in [0.1, 0.15) is 11.5 Å². The maximum atomic E-state index is 13.6. The summed E-state index contributed by atoms with van der Waals surface area (Å²) in [6.07, 6.45) is 0.684. The first kappa shape index (κ1) is 23.9. The lowest BCUT2D eigenvalue weighted by Gasteiger charge is -2.36. The van der Waals surface area contributed by atoms with Gasteiger partial charge in [-0.05, 0) is 35.4 Å². The maximum Gasteiger partial charge on any atom is 0.257 e. The largest absolute Gasteiger partial charge is 0.497 e. The average Bonchev–Trinajstić information content (AvgIpc) is 3.40. The summed E-state index contributed by atoms with van der Waals surface area (Å²) in [6.45, 7) is 3.64. The highest BCUT2D eigenvalue weighted by Crippen LogP contribution is 2.34. The Kier molecular flexibility index (Phi) is 7.18.